The summed E-state index contributed by atoms with van der Waals surface area (Å²) in [6.45, 7) is 1.75. The minimum absolute atomic E-state index is 0. The first-order valence-corrected chi connectivity index (χ1v) is 7.89. The van der Waals surface area contributed by atoms with Gasteiger partial charge in [0.15, 0.2) is 0 Å². The molecule has 0 saturated carbocycles. The van der Waals surface area contributed by atoms with Crippen LogP contribution in [0.5, 0.6) is 5.75 Å². The molecule has 3 nitrogen and oxygen atoms in total. The third kappa shape index (κ3) is 4.18. The minimum atomic E-state index is -1.14. The van der Waals surface area contributed by atoms with Gasteiger partial charge in [-0.05, 0) is 67.1 Å². The molecule has 1 aliphatic rings. The molecule has 23 heavy (non-hydrogen) atoms. The molecule has 2 aromatic rings. The van der Waals surface area contributed by atoms with Crippen molar-refractivity contribution < 1.29 is 10.2 Å². The second-order valence-electron chi connectivity index (χ2n) is 6.12. The Morgan fingerprint density at radius 2 is 1.96 bits per heavy atom. The van der Waals surface area contributed by atoms with Gasteiger partial charge in [0.05, 0.1) is 0 Å². The Hall–Kier alpha value is -1.26. The highest BCUT2D eigenvalue weighted by Crippen LogP contribution is 2.28. The standard InChI is InChI=1S/C18H20ClNO2.ClH/c1-18(22,14-3-2-4-15(19)11-14)20-16-7-5-12-6-8-17(21)10-13(12)9-16;/h2-4,6,8,10-11,16,20-22H,5,7,9H2,1H3;1H/t16-,18-;/m1./s1. The Balaban J connectivity index is 0.00000192. The maximum absolute atomic E-state index is 10.7. The van der Waals surface area contributed by atoms with E-state index in [0.29, 0.717) is 10.8 Å². The monoisotopic (exact) mass is 353 g/mol. The SMILES string of the molecule is C[C@](O)(N[C@@H]1CCc2ccc(O)cc2C1)c1cccc(Cl)c1.Cl. The molecule has 0 spiro atoms. The summed E-state index contributed by atoms with van der Waals surface area (Å²) >= 11 is 6.01. The van der Waals surface area contributed by atoms with Crippen LogP contribution >= 0.6 is 24.0 Å². The first-order chi connectivity index (χ1) is 10.4. The number of hydrogen-bond acceptors (Lipinski definition) is 3. The van der Waals surface area contributed by atoms with Crippen LogP contribution in [0.1, 0.15) is 30.0 Å². The summed E-state index contributed by atoms with van der Waals surface area (Å²) in [5, 5.41) is 24.3. The fourth-order valence-electron chi connectivity index (χ4n) is 3.14. The van der Waals surface area contributed by atoms with Crippen LogP contribution in [0.15, 0.2) is 42.5 Å². The normalized spacial score (nSPS) is 19.3. The Labute approximate surface area is 147 Å². The molecule has 3 rings (SSSR count). The van der Waals surface area contributed by atoms with Crippen molar-refractivity contribution in [2.75, 3.05) is 0 Å². The van der Waals surface area contributed by atoms with E-state index in [0.717, 1.165) is 30.4 Å². The highest BCUT2D eigenvalue weighted by atomic mass is 35.5. The number of fused-ring (bicyclic) bond motifs is 1. The van der Waals surface area contributed by atoms with E-state index < -0.39 is 5.72 Å². The summed E-state index contributed by atoms with van der Waals surface area (Å²) in [6.07, 6.45) is 2.69. The van der Waals surface area contributed by atoms with Crippen molar-refractivity contribution in [3.8, 4) is 5.75 Å². The van der Waals surface area contributed by atoms with E-state index in [4.69, 9.17) is 11.6 Å². The van der Waals surface area contributed by atoms with Crippen LogP contribution in [-0.4, -0.2) is 16.3 Å². The minimum Gasteiger partial charge on any atom is -0.508 e. The summed E-state index contributed by atoms with van der Waals surface area (Å²) in [6, 6.07) is 13.0. The number of aryl methyl sites for hydroxylation is 1. The van der Waals surface area contributed by atoms with E-state index >= 15 is 0 Å². The lowest BCUT2D eigenvalue weighted by Crippen LogP contribution is -2.48. The van der Waals surface area contributed by atoms with Crippen LogP contribution in [-0.2, 0) is 18.6 Å². The molecule has 0 saturated heterocycles. The van der Waals surface area contributed by atoms with Gasteiger partial charge in [-0.25, -0.2) is 0 Å². The average Bonchev–Trinajstić information content (AvgIpc) is 2.46. The Kier molecular flexibility index (Phi) is 5.58. The summed E-state index contributed by atoms with van der Waals surface area (Å²) in [5.74, 6) is 0.293. The molecule has 0 radical (unpaired) electrons. The lowest BCUT2D eigenvalue weighted by atomic mass is 9.87. The summed E-state index contributed by atoms with van der Waals surface area (Å²) in [7, 11) is 0. The third-order valence-corrected chi connectivity index (χ3v) is 4.53. The van der Waals surface area contributed by atoms with Gasteiger partial charge >= 0.3 is 0 Å². The topological polar surface area (TPSA) is 52.5 Å². The summed E-state index contributed by atoms with van der Waals surface area (Å²) in [5.41, 5.74) is 2.04. The van der Waals surface area contributed by atoms with Gasteiger partial charge in [-0.2, -0.15) is 0 Å². The van der Waals surface area contributed by atoms with Gasteiger partial charge in [-0.15, -0.1) is 12.4 Å². The lowest BCUT2D eigenvalue weighted by molar-refractivity contribution is 0.00584. The second kappa shape index (κ2) is 7.10. The van der Waals surface area contributed by atoms with Crippen LogP contribution < -0.4 is 5.32 Å². The first-order valence-electron chi connectivity index (χ1n) is 7.51. The first kappa shape index (κ1) is 18.1. The summed E-state index contributed by atoms with van der Waals surface area (Å²) < 4.78 is 0. The molecule has 124 valence electrons. The van der Waals surface area contributed by atoms with Crippen molar-refractivity contribution >= 4 is 24.0 Å². The second-order valence-corrected chi connectivity index (χ2v) is 6.56. The zero-order valence-corrected chi connectivity index (χ0v) is 14.5. The van der Waals surface area contributed by atoms with Crippen LogP contribution in [0.25, 0.3) is 0 Å². The molecule has 0 unspecified atom stereocenters. The van der Waals surface area contributed by atoms with Crippen molar-refractivity contribution in [2.45, 2.75) is 38.0 Å². The maximum atomic E-state index is 10.7. The van der Waals surface area contributed by atoms with Crippen LogP contribution in [0.4, 0.5) is 0 Å². The third-order valence-electron chi connectivity index (χ3n) is 4.29. The van der Waals surface area contributed by atoms with Gasteiger partial charge in [0.1, 0.15) is 11.5 Å². The van der Waals surface area contributed by atoms with Gasteiger partial charge in [-0.3, -0.25) is 5.32 Å². The number of hydrogen-bond donors (Lipinski definition) is 3. The largest absolute Gasteiger partial charge is 0.508 e. The fraction of sp³-hybridized carbons (Fsp3) is 0.333. The maximum Gasteiger partial charge on any atom is 0.139 e. The van der Waals surface area contributed by atoms with Crippen LogP contribution in [0, 0.1) is 0 Å². The van der Waals surface area contributed by atoms with Gasteiger partial charge in [0.2, 0.25) is 0 Å². The number of halogens is 2. The molecule has 0 aliphatic heterocycles. The number of rotatable bonds is 3. The van der Waals surface area contributed by atoms with Gasteiger partial charge in [0.25, 0.3) is 0 Å². The van der Waals surface area contributed by atoms with Gasteiger partial charge < -0.3 is 10.2 Å². The van der Waals surface area contributed by atoms with Crippen molar-refractivity contribution in [1.29, 1.82) is 0 Å². The highest BCUT2D eigenvalue weighted by molar-refractivity contribution is 6.30. The van der Waals surface area contributed by atoms with E-state index in [2.05, 4.69) is 5.32 Å². The van der Waals surface area contributed by atoms with Crippen molar-refractivity contribution in [3.63, 3.8) is 0 Å². The molecule has 1 aliphatic carbocycles. The van der Waals surface area contributed by atoms with Crippen molar-refractivity contribution in [2.24, 2.45) is 0 Å². The Morgan fingerprint density at radius 3 is 2.70 bits per heavy atom. The van der Waals surface area contributed by atoms with Gasteiger partial charge in [-0.1, -0.05) is 29.8 Å². The van der Waals surface area contributed by atoms with Crippen molar-refractivity contribution in [1.82, 2.24) is 5.32 Å². The molecule has 2 aromatic carbocycles. The van der Waals surface area contributed by atoms with Gasteiger partial charge in [0, 0.05) is 11.1 Å². The molecular formula is C18H21Cl2NO2. The number of aliphatic hydroxyl groups is 1. The molecule has 5 heteroatoms. The van der Waals surface area contributed by atoms with E-state index in [9.17, 15) is 10.2 Å². The van der Waals surface area contributed by atoms with E-state index in [1.807, 2.05) is 24.3 Å². The number of benzene rings is 2. The summed E-state index contributed by atoms with van der Waals surface area (Å²) in [4.78, 5) is 0. The predicted octanol–water partition coefficient (Wildman–Crippen LogP) is 3.78. The van der Waals surface area contributed by atoms with E-state index in [1.165, 1.54) is 5.56 Å². The molecule has 3 N–H and O–H groups in total. The predicted molar refractivity (Wildman–Crippen MR) is 95.3 cm³/mol. The molecule has 0 bridgehead atoms. The van der Waals surface area contributed by atoms with E-state index in [1.54, 1.807) is 25.1 Å². The molecule has 0 heterocycles. The van der Waals surface area contributed by atoms with E-state index in [-0.39, 0.29) is 18.4 Å². The fourth-order valence-corrected chi connectivity index (χ4v) is 3.33. The highest BCUT2D eigenvalue weighted by Gasteiger charge is 2.28. The quantitative estimate of drug-likeness (QED) is 0.736. The number of phenolic OH excluding ortho intramolecular Hbond substituents is 1. The zero-order valence-electron chi connectivity index (χ0n) is 12.9. The van der Waals surface area contributed by atoms with Crippen LogP contribution in [0.3, 0.4) is 0 Å². The number of aromatic hydroxyl groups is 1. The Bertz CT molecular complexity index is 688. The Morgan fingerprint density at radius 1 is 1.17 bits per heavy atom. The molecule has 0 fully saturated rings. The van der Waals surface area contributed by atoms with Crippen LogP contribution in [0.2, 0.25) is 5.02 Å². The number of phenols is 1. The average molecular weight is 354 g/mol. The zero-order chi connectivity index (χ0) is 15.7. The molecule has 2 atom stereocenters. The molecule has 0 amide bonds. The molecule has 0 aromatic heterocycles. The molecular weight excluding hydrogens is 333 g/mol. The smallest absolute Gasteiger partial charge is 0.139 e. The van der Waals surface area contributed by atoms with Crippen molar-refractivity contribution in [3.05, 3.63) is 64.2 Å². The number of nitrogens with one attached hydrogen (secondary N) is 1. The lowest BCUT2D eigenvalue weighted by Gasteiger charge is -2.34.